The van der Waals surface area contributed by atoms with Crippen molar-refractivity contribution in [2.45, 2.75) is 19.3 Å². The second kappa shape index (κ2) is 8.68. The number of amides is 1. The molecular formula is C19H22FN3O3S. The normalized spacial score (nSPS) is 10.7. The number of nitrogens with one attached hydrogen (secondary N) is 3. The lowest BCUT2D eigenvalue weighted by molar-refractivity contribution is -0.126. The SMILES string of the molecule is COc1ccc(C(C)(C)C(=O)NNC(=S)Nc2ccc(F)cc2)cc1OC. The van der Waals surface area contributed by atoms with Gasteiger partial charge in [-0.05, 0) is 68.0 Å². The average Bonchev–Trinajstić information content (AvgIpc) is 2.67. The van der Waals surface area contributed by atoms with Crippen molar-refractivity contribution in [3.05, 3.63) is 53.8 Å². The average molecular weight is 391 g/mol. The number of carbonyl (C=O) groups excluding carboxylic acids is 1. The molecule has 0 unspecified atom stereocenters. The third-order valence-electron chi connectivity index (χ3n) is 4.06. The monoisotopic (exact) mass is 391 g/mol. The number of halogens is 1. The molecule has 0 aliphatic rings. The van der Waals surface area contributed by atoms with Crippen LogP contribution in [0.4, 0.5) is 10.1 Å². The van der Waals surface area contributed by atoms with Crippen LogP contribution in [-0.4, -0.2) is 25.2 Å². The maximum atomic E-state index is 12.9. The van der Waals surface area contributed by atoms with E-state index in [4.69, 9.17) is 21.7 Å². The Kier molecular flexibility index (Phi) is 6.57. The highest BCUT2D eigenvalue weighted by Crippen LogP contribution is 2.33. The molecule has 2 aromatic rings. The van der Waals surface area contributed by atoms with E-state index in [0.717, 1.165) is 5.56 Å². The number of anilines is 1. The maximum absolute atomic E-state index is 12.9. The standard InChI is InChI=1S/C19H22FN3O3S/c1-19(2,12-5-10-15(25-3)16(11-12)26-4)17(24)22-23-18(27)21-14-8-6-13(20)7-9-14/h5-11H,1-4H3,(H,22,24)(H2,21,23,27). The summed E-state index contributed by atoms with van der Waals surface area (Å²) in [5.41, 5.74) is 5.71. The minimum atomic E-state index is -0.863. The molecule has 0 atom stereocenters. The van der Waals surface area contributed by atoms with Crippen LogP contribution < -0.4 is 25.6 Å². The molecule has 0 spiro atoms. The summed E-state index contributed by atoms with van der Waals surface area (Å²) < 4.78 is 23.4. The van der Waals surface area contributed by atoms with Gasteiger partial charge in [-0.1, -0.05) is 6.07 Å². The van der Waals surface area contributed by atoms with Crippen LogP contribution in [0.15, 0.2) is 42.5 Å². The quantitative estimate of drug-likeness (QED) is 0.537. The van der Waals surface area contributed by atoms with Crippen LogP contribution in [0.3, 0.4) is 0 Å². The van der Waals surface area contributed by atoms with E-state index in [1.54, 1.807) is 51.3 Å². The Balaban J connectivity index is 2.01. The van der Waals surface area contributed by atoms with Crippen LogP contribution in [-0.2, 0) is 10.2 Å². The van der Waals surface area contributed by atoms with Gasteiger partial charge in [0.2, 0.25) is 5.91 Å². The van der Waals surface area contributed by atoms with Crippen LogP contribution in [0.2, 0.25) is 0 Å². The highest BCUT2D eigenvalue weighted by Gasteiger charge is 2.31. The van der Waals surface area contributed by atoms with E-state index in [1.807, 2.05) is 0 Å². The summed E-state index contributed by atoms with van der Waals surface area (Å²) in [6, 6.07) is 11.0. The van der Waals surface area contributed by atoms with Crippen molar-refractivity contribution < 1.29 is 18.7 Å². The number of methoxy groups -OCH3 is 2. The fraction of sp³-hybridized carbons (Fsp3) is 0.263. The van der Waals surface area contributed by atoms with Crippen molar-refractivity contribution in [2.24, 2.45) is 0 Å². The van der Waals surface area contributed by atoms with E-state index in [0.29, 0.717) is 17.2 Å². The van der Waals surface area contributed by atoms with Crippen molar-refractivity contribution in [1.29, 1.82) is 0 Å². The molecule has 0 aliphatic carbocycles. The molecule has 27 heavy (non-hydrogen) atoms. The number of thiocarbonyl (C=S) groups is 1. The molecule has 0 aromatic heterocycles. The van der Waals surface area contributed by atoms with Gasteiger partial charge >= 0.3 is 0 Å². The van der Waals surface area contributed by atoms with Gasteiger partial charge in [0.15, 0.2) is 16.6 Å². The van der Waals surface area contributed by atoms with E-state index in [9.17, 15) is 9.18 Å². The van der Waals surface area contributed by atoms with Gasteiger partial charge in [0.05, 0.1) is 19.6 Å². The smallest absolute Gasteiger partial charge is 0.248 e. The summed E-state index contributed by atoms with van der Waals surface area (Å²) in [4.78, 5) is 12.6. The van der Waals surface area contributed by atoms with Crippen molar-refractivity contribution >= 4 is 28.9 Å². The van der Waals surface area contributed by atoms with Gasteiger partial charge in [-0.25, -0.2) is 4.39 Å². The number of hydrogen-bond donors (Lipinski definition) is 3. The Hall–Kier alpha value is -2.87. The second-order valence-corrected chi connectivity index (χ2v) is 6.64. The van der Waals surface area contributed by atoms with Crippen LogP contribution in [0.5, 0.6) is 11.5 Å². The molecule has 2 rings (SSSR count). The highest BCUT2D eigenvalue weighted by atomic mass is 32.1. The van der Waals surface area contributed by atoms with Crippen molar-refractivity contribution in [3.63, 3.8) is 0 Å². The molecular weight excluding hydrogens is 369 g/mol. The largest absolute Gasteiger partial charge is 0.493 e. The maximum Gasteiger partial charge on any atom is 0.248 e. The zero-order valence-corrected chi connectivity index (χ0v) is 16.4. The third-order valence-corrected chi connectivity index (χ3v) is 4.27. The summed E-state index contributed by atoms with van der Waals surface area (Å²) in [7, 11) is 3.09. The Labute approximate surface area is 163 Å². The Morgan fingerprint density at radius 2 is 1.63 bits per heavy atom. The van der Waals surface area contributed by atoms with Gasteiger partial charge in [0, 0.05) is 5.69 Å². The number of rotatable bonds is 5. The predicted molar refractivity (Wildman–Crippen MR) is 106 cm³/mol. The first kappa shape index (κ1) is 20.4. The third kappa shape index (κ3) is 5.07. The number of carbonyl (C=O) groups is 1. The van der Waals surface area contributed by atoms with Crippen LogP contribution >= 0.6 is 12.2 Å². The molecule has 144 valence electrons. The Bertz CT molecular complexity index is 825. The van der Waals surface area contributed by atoms with Crippen molar-refractivity contribution in [2.75, 3.05) is 19.5 Å². The molecule has 0 saturated carbocycles. The lowest BCUT2D eigenvalue weighted by Crippen LogP contribution is -2.50. The first-order valence-electron chi connectivity index (χ1n) is 8.13. The molecule has 2 aromatic carbocycles. The lowest BCUT2D eigenvalue weighted by atomic mass is 9.83. The van der Waals surface area contributed by atoms with Gasteiger partial charge in [-0.3, -0.25) is 15.6 Å². The van der Waals surface area contributed by atoms with E-state index in [2.05, 4.69) is 16.2 Å². The van der Waals surface area contributed by atoms with Gasteiger partial charge in [0.25, 0.3) is 0 Å². The molecule has 0 heterocycles. The minimum absolute atomic E-state index is 0.179. The van der Waals surface area contributed by atoms with E-state index in [-0.39, 0.29) is 16.8 Å². The number of hydrazine groups is 1. The molecule has 0 bridgehead atoms. The number of benzene rings is 2. The van der Waals surface area contributed by atoms with Gasteiger partial charge in [-0.15, -0.1) is 0 Å². The van der Waals surface area contributed by atoms with E-state index in [1.165, 1.54) is 19.2 Å². The first-order valence-corrected chi connectivity index (χ1v) is 8.54. The predicted octanol–water partition coefficient (Wildman–Crippen LogP) is 3.14. The zero-order valence-electron chi connectivity index (χ0n) is 15.6. The van der Waals surface area contributed by atoms with Crippen molar-refractivity contribution in [1.82, 2.24) is 10.9 Å². The van der Waals surface area contributed by atoms with Crippen LogP contribution in [0.25, 0.3) is 0 Å². The van der Waals surface area contributed by atoms with E-state index < -0.39 is 5.41 Å². The molecule has 6 nitrogen and oxygen atoms in total. The fourth-order valence-electron chi connectivity index (χ4n) is 2.32. The summed E-state index contributed by atoms with van der Waals surface area (Å²) in [5, 5.41) is 3.03. The Morgan fingerprint density at radius 1 is 1.00 bits per heavy atom. The summed E-state index contributed by atoms with van der Waals surface area (Å²) in [6.45, 7) is 3.56. The zero-order chi connectivity index (χ0) is 20.0. The number of hydrogen-bond acceptors (Lipinski definition) is 4. The second-order valence-electron chi connectivity index (χ2n) is 6.23. The Morgan fingerprint density at radius 3 is 2.22 bits per heavy atom. The van der Waals surface area contributed by atoms with Gasteiger partial charge in [0.1, 0.15) is 5.82 Å². The molecule has 3 N–H and O–H groups in total. The van der Waals surface area contributed by atoms with Crippen LogP contribution in [0.1, 0.15) is 19.4 Å². The number of ether oxygens (including phenoxy) is 2. The minimum Gasteiger partial charge on any atom is -0.493 e. The summed E-state index contributed by atoms with van der Waals surface area (Å²) >= 11 is 5.13. The molecule has 1 amide bonds. The summed E-state index contributed by atoms with van der Waals surface area (Å²) in [5.74, 6) is 0.486. The van der Waals surface area contributed by atoms with Crippen LogP contribution in [0, 0.1) is 5.82 Å². The van der Waals surface area contributed by atoms with Gasteiger partial charge in [-0.2, -0.15) is 0 Å². The van der Waals surface area contributed by atoms with E-state index >= 15 is 0 Å². The van der Waals surface area contributed by atoms with Gasteiger partial charge < -0.3 is 14.8 Å². The summed E-state index contributed by atoms with van der Waals surface area (Å²) in [6.07, 6.45) is 0. The first-order chi connectivity index (χ1) is 12.8. The molecule has 0 saturated heterocycles. The lowest BCUT2D eigenvalue weighted by Gasteiger charge is -2.25. The fourth-order valence-corrected chi connectivity index (χ4v) is 2.49. The molecule has 8 heteroatoms. The topological polar surface area (TPSA) is 71.6 Å². The molecule has 0 aliphatic heterocycles. The van der Waals surface area contributed by atoms with Crippen molar-refractivity contribution in [3.8, 4) is 11.5 Å². The highest BCUT2D eigenvalue weighted by molar-refractivity contribution is 7.80. The molecule has 0 radical (unpaired) electrons. The molecule has 0 fully saturated rings.